The fourth-order valence-corrected chi connectivity index (χ4v) is 3.57. The predicted octanol–water partition coefficient (Wildman–Crippen LogP) is 1.80. The summed E-state index contributed by atoms with van der Waals surface area (Å²) in [4.78, 5) is 21.1. The van der Waals surface area contributed by atoms with E-state index in [-0.39, 0.29) is 5.56 Å². The van der Waals surface area contributed by atoms with Gasteiger partial charge in [-0.3, -0.25) is 4.79 Å². The Morgan fingerprint density at radius 2 is 1.89 bits per heavy atom. The predicted molar refractivity (Wildman–Crippen MR) is 103 cm³/mol. The van der Waals surface area contributed by atoms with Crippen LogP contribution in [-0.4, -0.2) is 45.9 Å². The van der Waals surface area contributed by atoms with Crippen molar-refractivity contribution in [1.29, 1.82) is 0 Å². The van der Waals surface area contributed by atoms with Crippen LogP contribution >= 0.6 is 0 Å². The fourth-order valence-electron chi connectivity index (χ4n) is 3.57. The fraction of sp³-hybridized carbons (Fsp3) is 0.263. The third-order valence-electron chi connectivity index (χ3n) is 5.09. The van der Waals surface area contributed by atoms with Gasteiger partial charge in [0.2, 0.25) is 0 Å². The molecule has 8 nitrogen and oxygen atoms in total. The van der Waals surface area contributed by atoms with Crippen LogP contribution in [0.1, 0.15) is 0 Å². The first kappa shape index (κ1) is 15.8. The Balaban J connectivity index is 1.39. The second-order valence-corrected chi connectivity index (χ2v) is 6.71. The number of benzene rings is 1. The van der Waals surface area contributed by atoms with Crippen molar-refractivity contribution in [1.82, 2.24) is 19.7 Å². The molecule has 27 heavy (non-hydrogen) atoms. The number of aromatic nitrogens is 4. The summed E-state index contributed by atoms with van der Waals surface area (Å²) in [6.07, 6.45) is 4.94. The first-order valence-corrected chi connectivity index (χ1v) is 8.85. The summed E-state index contributed by atoms with van der Waals surface area (Å²) >= 11 is 0. The number of rotatable bonds is 2. The van der Waals surface area contributed by atoms with Gasteiger partial charge in [-0.1, -0.05) is 0 Å². The van der Waals surface area contributed by atoms with E-state index in [1.807, 2.05) is 24.3 Å². The van der Waals surface area contributed by atoms with E-state index < -0.39 is 0 Å². The van der Waals surface area contributed by atoms with Crippen LogP contribution in [0.4, 0.5) is 11.5 Å². The van der Waals surface area contributed by atoms with Crippen molar-refractivity contribution in [2.45, 2.75) is 0 Å². The summed E-state index contributed by atoms with van der Waals surface area (Å²) in [5.41, 5.74) is 2.56. The molecule has 4 aromatic rings. The van der Waals surface area contributed by atoms with Gasteiger partial charge in [0, 0.05) is 44.3 Å². The molecule has 0 radical (unpaired) electrons. The van der Waals surface area contributed by atoms with Crippen LogP contribution in [0.15, 0.2) is 52.3 Å². The van der Waals surface area contributed by atoms with Gasteiger partial charge in [-0.25, -0.2) is 4.98 Å². The van der Waals surface area contributed by atoms with E-state index in [2.05, 4.69) is 25.0 Å². The molecule has 0 spiro atoms. The first-order valence-electron chi connectivity index (χ1n) is 8.85. The summed E-state index contributed by atoms with van der Waals surface area (Å²) in [7, 11) is 1.71. The number of hydrogen-bond acceptors (Lipinski definition) is 7. The molecule has 1 aliphatic rings. The summed E-state index contributed by atoms with van der Waals surface area (Å²) in [6.45, 7) is 3.32. The Morgan fingerprint density at radius 1 is 1.07 bits per heavy atom. The zero-order valence-corrected chi connectivity index (χ0v) is 14.9. The number of fused-ring (bicyclic) bond motifs is 2. The van der Waals surface area contributed by atoms with E-state index in [1.165, 1.54) is 4.57 Å². The van der Waals surface area contributed by atoms with Gasteiger partial charge >= 0.3 is 0 Å². The molecule has 1 saturated heterocycles. The Morgan fingerprint density at radius 3 is 2.74 bits per heavy atom. The maximum atomic E-state index is 12.2. The molecular formula is C19H18N6O2. The summed E-state index contributed by atoms with van der Waals surface area (Å²) in [6, 6.07) is 7.74. The molecule has 4 heterocycles. The van der Waals surface area contributed by atoms with Crippen molar-refractivity contribution >= 4 is 33.4 Å². The first-order chi connectivity index (χ1) is 13.2. The highest BCUT2D eigenvalue weighted by molar-refractivity contribution is 5.86. The van der Waals surface area contributed by atoms with Crippen molar-refractivity contribution in [3.8, 4) is 0 Å². The molecule has 0 saturated carbocycles. The van der Waals surface area contributed by atoms with Gasteiger partial charge in [-0.05, 0) is 24.3 Å². The smallest absolute Gasteiger partial charge is 0.260 e. The average molecular weight is 362 g/mol. The Kier molecular flexibility index (Phi) is 3.56. The highest BCUT2D eigenvalue weighted by Crippen LogP contribution is 2.26. The topological polar surface area (TPSA) is 80.3 Å². The molecule has 0 bridgehead atoms. The molecule has 3 aromatic heterocycles. The van der Waals surface area contributed by atoms with Crippen molar-refractivity contribution in [2.75, 3.05) is 36.0 Å². The second kappa shape index (κ2) is 6.08. The third-order valence-corrected chi connectivity index (χ3v) is 5.09. The molecule has 1 aliphatic heterocycles. The molecule has 0 unspecified atom stereocenters. The lowest BCUT2D eigenvalue weighted by Crippen LogP contribution is -2.47. The number of nitrogens with zero attached hydrogens (tertiary/aromatic N) is 6. The Labute approximate surface area is 154 Å². The minimum atomic E-state index is -0.0264. The van der Waals surface area contributed by atoms with Crippen molar-refractivity contribution in [3.05, 3.63) is 53.4 Å². The van der Waals surface area contributed by atoms with Crippen LogP contribution in [0.5, 0.6) is 0 Å². The molecule has 0 N–H and O–H groups in total. The van der Waals surface area contributed by atoms with Gasteiger partial charge in [0.25, 0.3) is 5.56 Å². The van der Waals surface area contributed by atoms with E-state index in [0.29, 0.717) is 5.39 Å². The zero-order chi connectivity index (χ0) is 18.4. The Bertz CT molecular complexity index is 1190. The highest BCUT2D eigenvalue weighted by atomic mass is 16.3. The van der Waals surface area contributed by atoms with Crippen molar-refractivity contribution < 1.29 is 4.42 Å². The SMILES string of the molecule is Cn1cnc2cc(N3CCN(c4nncc5ccoc45)CC3)ccc2c1=O. The summed E-state index contributed by atoms with van der Waals surface area (Å²) < 4.78 is 7.08. The van der Waals surface area contributed by atoms with E-state index in [4.69, 9.17) is 4.42 Å². The maximum absolute atomic E-state index is 12.2. The number of hydrogen-bond donors (Lipinski definition) is 0. The maximum Gasteiger partial charge on any atom is 0.260 e. The molecule has 5 rings (SSSR count). The summed E-state index contributed by atoms with van der Waals surface area (Å²) in [5, 5.41) is 9.96. The highest BCUT2D eigenvalue weighted by Gasteiger charge is 2.22. The molecule has 0 amide bonds. The van der Waals surface area contributed by atoms with Gasteiger partial charge in [0.05, 0.1) is 29.7 Å². The number of anilines is 2. The van der Waals surface area contributed by atoms with Crippen LogP contribution in [0.2, 0.25) is 0 Å². The van der Waals surface area contributed by atoms with Crippen LogP contribution < -0.4 is 15.4 Å². The molecule has 0 atom stereocenters. The number of piperazine rings is 1. The Hall–Kier alpha value is -3.42. The van der Waals surface area contributed by atoms with Crippen LogP contribution in [0.25, 0.3) is 21.9 Å². The largest absolute Gasteiger partial charge is 0.460 e. The standard InChI is InChI=1S/C19H18N6O2/c1-23-12-20-16-10-14(2-3-15(16)19(23)26)24-5-7-25(8-6-24)18-17-13(4-9-27-17)11-21-22-18/h2-4,9-12H,5-8H2,1H3. The van der Waals surface area contributed by atoms with Crippen LogP contribution in [0.3, 0.4) is 0 Å². The lowest BCUT2D eigenvalue weighted by molar-refractivity contribution is 0.599. The number of aryl methyl sites for hydroxylation is 1. The summed E-state index contributed by atoms with van der Waals surface area (Å²) in [5.74, 6) is 0.792. The van der Waals surface area contributed by atoms with E-state index in [1.54, 1.807) is 25.8 Å². The quantitative estimate of drug-likeness (QED) is 0.538. The van der Waals surface area contributed by atoms with Gasteiger partial charge in [-0.2, -0.15) is 5.10 Å². The van der Waals surface area contributed by atoms with Gasteiger partial charge < -0.3 is 18.8 Å². The van der Waals surface area contributed by atoms with Crippen molar-refractivity contribution in [3.63, 3.8) is 0 Å². The van der Waals surface area contributed by atoms with E-state index in [9.17, 15) is 4.79 Å². The third kappa shape index (κ3) is 2.61. The average Bonchev–Trinajstić information content (AvgIpc) is 3.20. The molecule has 136 valence electrons. The minimum absolute atomic E-state index is 0.0264. The lowest BCUT2D eigenvalue weighted by Gasteiger charge is -2.36. The second-order valence-electron chi connectivity index (χ2n) is 6.71. The monoisotopic (exact) mass is 362 g/mol. The van der Waals surface area contributed by atoms with Crippen molar-refractivity contribution in [2.24, 2.45) is 7.05 Å². The zero-order valence-electron chi connectivity index (χ0n) is 14.9. The molecule has 0 aliphatic carbocycles. The molecular weight excluding hydrogens is 344 g/mol. The normalized spacial score (nSPS) is 15.0. The minimum Gasteiger partial charge on any atom is -0.460 e. The van der Waals surface area contributed by atoms with E-state index >= 15 is 0 Å². The lowest BCUT2D eigenvalue weighted by atomic mass is 10.2. The molecule has 8 heteroatoms. The van der Waals surface area contributed by atoms with Crippen LogP contribution in [-0.2, 0) is 7.05 Å². The van der Waals surface area contributed by atoms with Gasteiger partial charge in [0.1, 0.15) is 0 Å². The van der Waals surface area contributed by atoms with Gasteiger partial charge in [0.15, 0.2) is 11.4 Å². The van der Waals surface area contributed by atoms with Crippen LogP contribution in [0, 0.1) is 0 Å². The van der Waals surface area contributed by atoms with E-state index in [0.717, 1.165) is 54.2 Å². The van der Waals surface area contributed by atoms with Gasteiger partial charge in [-0.15, -0.1) is 5.10 Å². The molecule has 1 fully saturated rings. The number of furan rings is 1. The molecule has 1 aromatic carbocycles.